The Morgan fingerprint density at radius 1 is 1.35 bits per heavy atom. The van der Waals surface area contributed by atoms with E-state index in [4.69, 9.17) is 0 Å². The number of hydrogen-bond acceptors (Lipinski definition) is 3. The van der Waals surface area contributed by atoms with Crippen LogP contribution in [0.1, 0.15) is 59.3 Å². The van der Waals surface area contributed by atoms with Crippen LogP contribution in [0.25, 0.3) is 0 Å². The first-order chi connectivity index (χ1) is 10.9. The van der Waals surface area contributed by atoms with E-state index in [9.17, 15) is 19.5 Å². The van der Waals surface area contributed by atoms with Crippen LogP contribution in [0.4, 0.5) is 0 Å². The number of rotatable bonds is 9. The fraction of sp³-hybridized carbons (Fsp3) is 0.722. The van der Waals surface area contributed by atoms with Crippen LogP contribution < -0.4 is 5.32 Å². The molecule has 2 N–H and O–H groups in total. The summed E-state index contributed by atoms with van der Waals surface area (Å²) in [7, 11) is 0. The molecule has 23 heavy (non-hydrogen) atoms. The third-order valence-electron chi connectivity index (χ3n) is 4.78. The fourth-order valence-electron chi connectivity index (χ4n) is 3.11. The largest absolute Gasteiger partial charge is 0.480 e. The minimum atomic E-state index is -1.00. The molecule has 0 aliphatic heterocycles. The number of carboxylic acids is 1. The average Bonchev–Trinajstić information content (AvgIpc) is 2.84. The van der Waals surface area contributed by atoms with E-state index in [1.165, 1.54) is 0 Å². The zero-order chi connectivity index (χ0) is 17.4. The molecule has 0 saturated heterocycles. The van der Waals surface area contributed by atoms with E-state index >= 15 is 0 Å². The van der Waals surface area contributed by atoms with Gasteiger partial charge in [-0.2, -0.15) is 0 Å². The molecule has 0 aromatic heterocycles. The highest BCUT2D eigenvalue weighted by Crippen LogP contribution is 2.34. The van der Waals surface area contributed by atoms with Crippen molar-refractivity contribution in [3.05, 3.63) is 12.2 Å². The molecule has 1 rings (SSSR count). The lowest BCUT2D eigenvalue weighted by Gasteiger charge is -2.22. The molecule has 0 aromatic carbocycles. The topological polar surface area (TPSA) is 83.5 Å². The number of carboxylic acid groups (broad SMARTS) is 1. The molecule has 1 fully saturated rings. The molecule has 0 bridgehead atoms. The van der Waals surface area contributed by atoms with Crippen molar-refractivity contribution < 1.29 is 19.5 Å². The van der Waals surface area contributed by atoms with Crippen LogP contribution in [0.3, 0.4) is 0 Å². The molecular formula is C18H29NO4. The number of nitrogens with one attached hydrogen (secondary N) is 1. The molecule has 5 nitrogen and oxygen atoms in total. The minimum absolute atomic E-state index is 0.0235. The lowest BCUT2D eigenvalue weighted by molar-refractivity contribution is -0.143. The third kappa shape index (κ3) is 5.81. The van der Waals surface area contributed by atoms with Gasteiger partial charge >= 0.3 is 5.97 Å². The van der Waals surface area contributed by atoms with Crippen molar-refractivity contribution in [2.45, 2.75) is 65.3 Å². The molecule has 0 spiro atoms. The van der Waals surface area contributed by atoms with Crippen molar-refractivity contribution in [1.29, 1.82) is 0 Å². The summed E-state index contributed by atoms with van der Waals surface area (Å²) in [6, 6.07) is -0.858. The fourth-order valence-corrected chi connectivity index (χ4v) is 3.11. The van der Waals surface area contributed by atoms with Gasteiger partial charge in [-0.1, -0.05) is 39.3 Å². The standard InChI is InChI=1S/C18H29NO4/c1-4-6-7-8-14-13(9-10-15(14)20)11-16(21)19-17(18(22)23)12(3)5-2/h6-7,12-14,17H,4-5,8-11H2,1-3H3,(H,19,21)(H,22,23)/b7-6-. The molecule has 130 valence electrons. The normalized spacial score (nSPS) is 23.9. The van der Waals surface area contributed by atoms with E-state index < -0.39 is 12.0 Å². The Morgan fingerprint density at radius 2 is 2.04 bits per heavy atom. The van der Waals surface area contributed by atoms with Crippen LogP contribution in [0, 0.1) is 17.8 Å². The van der Waals surface area contributed by atoms with Gasteiger partial charge in [0.05, 0.1) is 0 Å². The Labute approximate surface area is 138 Å². The lowest BCUT2D eigenvalue weighted by atomic mass is 9.89. The van der Waals surface area contributed by atoms with Gasteiger partial charge in [-0.15, -0.1) is 0 Å². The summed E-state index contributed by atoms with van der Waals surface area (Å²) in [6.07, 6.45) is 7.82. The van der Waals surface area contributed by atoms with Crippen LogP contribution >= 0.6 is 0 Å². The number of carbonyl (C=O) groups excluding carboxylic acids is 2. The van der Waals surface area contributed by atoms with E-state index in [2.05, 4.69) is 5.32 Å². The summed E-state index contributed by atoms with van der Waals surface area (Å²) >= 11 is 0. The molecule has 5 heteroatoms. The Balaban J connectivity index is 2.62. The summed E-state index contributed by atoms with van der Waals surface area (Å²) in [6.45, 7) is 5.76. The van der Waals surface area contributed by atoms with Gasteiger partial charge in [0.15, 0.2) is 0 Å². The lowest BCUT2D eigenvalue weighted by Crippen LogP contribution is -2.45. The van der Waals surface area contributed by atoms with Gasteiger partial charge in [0.1, 0.15) is 11.8 Å². The van der Waals surface area contributed by atoms with Gasteiger partial charge < -0.3 is 10.4 Å². The van der Waals surface area contributed by atoms with E-state index in [0.717, 1.165) is 12.8 Å². The molecule has 1 aliphatic rings. The predicted octanol–water partition coefficient (Wildman–Crippen LogP) is 2.94. The monoisotopic (exact) mass is 323 g/mol. The van der Waals surface area contributed by atoms with Crippen LogP contribution in [-0.2, 0) is 14.4 Å². The van der Waals surface area contributed by atoms with Crippen molar-refractivity contribution in [1.82, 2.24) is 5.32 Å². The first-order valence-corrected chi connectivity index (χ1v) is 8.60. The maximum Gasteiger partial charge on any atom is 0.326 e. The van der Waals surface area contributed by atoms with Crippen molar-refractivity contribution in [2.24, 2.45) is 17.8 Å². The predicted molar refractivity (Wildman–Crippen MR) is 88.9 cm³/mol. The van der Waals surface area contributed by atoms with Crippen molar-refractivity contribution in [2.75, 3.05) is 0 Å². The summed E-state index contributed by atoms with van der Waals surface area (Å²) in [5.74, 6) is -1.24. The van der Waals surface area contributed by atoms with Gasteiger partial charge in [0.2, 0.25) is 5.91 Å². The molecular weight excluding hydrogens is 294 g/mol. The third-order valence-corrected chi connectivity index (χ3v) is 4.78. The van der Waals surface area contributed by atoms with Crippen LogP contribution in [-0.4, -0.2) is 28.8 Å². The van der Waals surface area contributed by atoms with Gasteiger partial charge in [0, 0.05) is 18.8 Å². The van der Waals surface area contributed by atoms with Crippen LogP contribution in [0.2, 0.25) is 0 Å². The molecule has 1 saturated carbocycles. The minimum Gasteiger partial charge on any atom is -0.480 e. The smallest absolute Gasteiger partial charge is 0.326 e. The molecule has 4 atom stereocenters. The Bertz CT molecular complexity index is 458. The summed E-state index contributed by atoms with van der Waals surface area (Å²) in [5.41, 5.74) is 0. The first kappa shape index (κ1) is 19.4. The number of carbonyl (C=O) groups is 3. The number of Topliss-reactive ketones (excluding diaryl/α,β-unsaturated/α-hetero) is 1. The zero-order valence-electron chi connectivity index (χ0n) is 14.4. The summed E-state index contributed by atoms with van der Waals surface area (Å²) in [4.78, 5) is 35.5. The van der Waals surface area contributed by atoms with Crippen LogP contribution in [0.15, 0.2) is 12.2 Å². The van der Waals surface area contributed by atoms with E-state index in [-0.39, 0.29) is 35.9 Å². The van der Waals surface area contributed by atoms with Gasteiger partial charge in [0.25, 0.3) is 0 Å². The molecule has 4 unspecified atom stereocenters. The number of amides is 1. The SMILES string of the molecule is CC/C=C\CC1C(=O)CCC1CC(=O)NC(C(=O)O)C(C)CC. The molecule has 1 aliphatic carbocycles. The Kier molecular flexibility index (Phi) is 8.00. The van der Waals surface area contributed by atoms with Crippen LogP contribution in [0.5, 0.6) is 0 Å². The summed E-state index contributed by atoms with van der Waals surface area (Å²) < 4.78 is 0. The Hall–Kier alpha value is -1.65. The first-order valence-electron chi connectivity index (χ1n) is 8.60. The number of allylic oxidation sites excluding steroid dienone is 2. The van der Waals surface area contributed by atoms with E-state index in [1.807, 2.05) is 32.9 Å². The van der Waals surface area contributed by atoms with Crippen molar-refractivity contribution in [3.8, 4) is 0 Å². The maximum absolute atomic E-state index is 12.2. The number of ketones is 1. The molecule has 0 radical (unpaired) electrons. The number of hydrogen-bond donors (Lipinski definition) is 2. The number of aliphatic carboxylic acids is 1. The Morgan fingerprint density at radius 3 is 2.61 bits per heavy atom. The molecule has 0 heterocycles. The molecule has 0 aromatic rings. The second-order valence-electron chi connectivity index (χ2n) is 6.46. The summed E-state index contributed by atoms with van der Waals surface area (Å²) in [5, 5.41) is 11.9. The van der Waals surface area contributed by atoms with Gasteiger partial charge in [-0.25, -0.2) is 4.79 Å². The van der Waals surface area contributed by atoms with Gasteiger partial charge in [-0.05, 0) is 31.1 Å². The second kappa shape index (κ2) is 9.48. The van der Waals surface area contributed by atoms with Crippen molar-refractivity contribution in [3.63, 3.8) is 0 Å². The average molecular weight is 323 g/mol. The molecule has 1 amide bonds. The highest BCUT2D eigenvalue weighted by molar-refractivity contribution is 5.87. The van der Waals surface area contributed by atoms with E-state index in [1.54, 1.807) is 0 Å². The van der Waals surface area contributed by atoms with E-state index in [0.29, 0.717) is 19.3 Å². The van der Waals surface area contributed by atoms with Crippen molar-refractivity contribution >= 4 is 17.7 Å². The highest BCUT2D eigenvalue weighted by atomic mass is 16.4. The maximum atomic E-state index is 12.2. The quantitative estimate of drug-likeness (QED) is 0.639. The zero-order valence-corrected chi connectivity index (χ0v) is 14.4. The highest BCUT2D eigenvalue weighted by Gasteiger charge is 2.35. The second-order valence-corrected chi connectivity index (χ2v) is 6.46. The van der Waals surface area contributed by atoms with Gasteiger partial charge in [-0.3, -0.25) is 9.59 Å².